The van der Waals surface area contributed by atoms with Gasteiger partial charge < -0.3 is 15.1 Å². The van der Waals surface area contributed by atoms with Crippen LogP contribution in [0.1, 0.15) is 56.6 Å². The molecule has 1 aliphatic rings. The van der Waals surface area contributed by atoms with E-state index in [1.807, 2.05) is 26.8 Å². The third kappa shape index (κ3) is 5.36. The van der Waals surface area contributed by atoms with Crippen LogP contribution in [-0.4, -0.2) is 33.8 Å². The number of nitrogens with zero attached hydrogens (tertiary/aromatic N) is 1. The topological polar surface area (TPSA) is 66.6 Å². The first-order chi connectivity index (χ1) is 11.5. The van der Waals surface area contributed by atoms with Gasteiger partial charge in [0.15, 0.2) is 5.96 Å². The summed E-state index contributed by atoms with van der Waals surface area (Å²) in [5, 5.41) is 7.18. The number of aliphatic imine (C=N–C) groups is 1. The lowest BCUT2D eigenvalue weighted by atomic mass is 9.95. The molecule has 1 heterocycles. The Kier molecular flexibility index (Phi) is 7.34. The summed E-state index contributed by atoms with van der Waals surface area (Å²) in [6, 6.07) is 2.40. The van der Waals surface area contributed by atoms with Gasteiger partial charge in [0, 0.05) is 40.0 Å². The van der Waals surface area contributed by atoms with Crippen molar-refractivity contribution in [3.05, 3.63) is 23.2 Å². The second-order valence-electron chi connectivity index (χ2n) is 6.43. The fraction of sp³-hybridized carbons (Fsp3) is 0.722. The van der Waals surface area contributed by atoms with E-state index >= 15 is 0 Å². The molecule has 3 atom stereocenters. The fourth-order valence-electron chi connectivity index (χ4n) is 3.27. The standard InChI is InChI=1S/C18H31N3O2S/c1-5-19-18(20-12-15-10-13(3)23-14(15)4)21-16-8-7-9-17(11-16)24(22)6-2/h10,16-17H,5-9,11-12H2,1-4H3,(H2,19,20,21). The smallest absolute Gasteiger partial charge is 0.191 e. The van der Waals surface area contributed by atoms with Crippen LogP contribution in [0.3, 0.4) is 0 Å². The lowest BCUT2D eigenvalue weighted by Crippen LogP contribution is -2.46. The van der Waals surface area contributed by atoms with Crippen LogP contribution in [-0.2, 0) is 17.3 Å². The van der Waals surface area contributed by atoms with Crippen molar-refractivity contribution < 1.29 is 8.63 Å². The Morgan fingerprint density at radius 1 is 1.38 bits per heavy atom. The summed E-state index contributed by atoms with van der Waals surface area (Å²) in [5.74, 6) is 3.45. The zero-order valence-corrected chi connectivity index (χ0v) is 16.2. The Morgan fingerprint density at radius 2 is 2.17 bits per heavy atom. The van der Waals surface area contributed by atoms with Gasteiger partial charge >= 0.3 is 0 Å². The minimum Gasteiger partial charge on any atom is -0.466 e. The van der Waals surface area contributed by atoms with Gasteiger partial charge in [-0.25, -0.2) is 4.99 Å². The SMILES string of the molecule is CCNC(=NCc1cc(C)oc1C)NC1CCCC(S(=O)CC)C1. The molecule has 1 saturated carbocycles. The highest BCUT2D eigenvalue weighted by atomic mass is 32.2. The molecule has 1 aromatic heterocycles. The average Bonchev–Trinajstić information content (AvgIpc) is 2.90. The summed E-state index contributed by atoms with van der Waals surface area (Å²) in [6.07, 6.45) is 4.30. The molecular formula is C18H31N3O2S. The molecule has 0 aliphatic heterocycles. The van der Waals surface area contributed by atoms with Crippen LogP contribution in [0, 0.1) is 13.8 Å². The number of rotatable bonds is 6. The van der Waals surface area contributed by atoms with Gasteiger partial charge in [-0.2, -0.15) is 0 Å². The largest absolute Gasteiger partial charge is 0.466 e. The van der Waals surface area contributed by atoms with Gasteiger partial charge in [0.2, 0.25) is 0 Å². The van der Waals surface area contributed by atoms with Crippen molar-refractivity contribution in [3.63, 3.8) is 0 Å². The van der Waals surface area contributed by atoms with Crippen LogP contribution in [0.4, 0.5) is 0 Å². The first-order valence-electron chi connectivity index (χ1n) is 9.01. The van der Waals surface area contributed by atoms with Gasteiger partial charge in [0.25, 0.3) is 0 Å². The van der Waals surface area contributed by atoms with Crippen molar-refractivity contribution in [3.8, 4) is 0 Å². The molecule has 24 heavy (non-hydrogen) atoms. The molecule has 0 aromatic carbocycles. The van der Waals surface area contributed by atoms with Gasteiger partial charge in [0.05, 0.1) is 6.54 Å². The Hall–Kier alpha value is -1.30. The normalized spacial score (nSPS) is 23.1. The third-order valence-electron chi connectivity index (χ3n) is 4.52. The Bertz CT molecular complexity index is 583. The summed E-state index contributed by atoms with van der Waals surface area (Å²) in [5.41, 5.74) is 1.12. The Balaban J connectivity index is 1.98. The lowest BCUT2D eigenvalue weighted by Gasteiger charge is -2.30. The summed E-state index contributed by atoms with van der Waals surface area (Å²) in [6.45, 7) is 9.44. The molecule has 1 fully saturated rings. The highest BCUT2D eigenvalue weighted by molar-refractivity contribution is 7.85. The maximum atomic E-state index is 12.1. The molecular weight excluding hydrogens is 322 g/mol. The molecule has 136 valence electrons. The van der Waals surface area contributed by atoms with Crippen LogP contribution < -0.4 is 10.6 Å². The molecule has 0 saturated heterocycles. The molecule has 1 aromatic rings. The van der Waals surface area contributed by atoms with Gasteiger partial charge in [-0.1, -0.05) is 13.3 Å². The molecule has 6 heteroatoms. The average molecular weight is 354 g/mol. The van der Waals surface area contributed by atoms with E-state index in [1.165, 1.54) is 0 Å². The van der Waals surface area contributed by atoms with Crippen LogP contribution in [0.15, 0.2) is 15.5 Å². The molecule has 2 rings (SSSR count). The number of furan rings is 1. The zero-order valence-electron chi connectivity index (χ0n) is 15.4. The first-order valence-corrected chi connectivity index (χ1v) is 10.4. The van der Waals surface area contributed by atoms with E-state index in [-0.39, 0.29) is 0 Å². The quantitative estimate of drug-likeness (QED) is 0.609. The Morgan fingerprint density at radius 3 is 2.79 bits per heavy atom. The maximum Gasteiger partial charge on any atom is 0.191 e. The van der Waals surface area contributed by atoms with E-state index < -0.39 is 10.8 Å². The summed E-state index contributed by atoms with van der Waals surface area (Å²) in [4.78, 5) is 4.70. The number of hydrogen-bond acceptors (Lipinski definition) is 3. The highest BCUT2D eigenvalue weighted by Crippen LogP contribution is 2.23. The van der Waals surface area contributed by atoms with E-state index in [2.05, 4.69) is 17.6 Å². The number of hydrogen-bond donors (Lipinski definition) is 2. The summed E-state index contributed by atoms with van der Waals surface area (Å²) < 4.78 is 17.7. The fourth-order valence-corrected chi connectivity index (χ4v) is 4.62. The van der Waals surface area contributed by atoms with E-state index in [4.69, 9.17) is 9.41 Å². The van der Waals surface area contributed by atoms with Crippen molar-refractivity contribution in [2.45, 2.75) is 71.2 Å². The summed E-state index contributed by atoms with van der Waals surface area (Å²) >= 11 is 0. The molecule has 1 aliphatic carbocycles. The second-order valence-corrected chi connectivity index (χ2v) is 8.44. The van der Waals surface area contributed by atoms with E-state index in [1.54, 1.807) is 0 Å². The third-order valence-corrected chi connectivity index (χ3v) is 6.26. The number of guanidine groups is 1. The maximum absolute atomic E-state index is 12.1. The van der Waals surface area contributed by atoms with E-state index in [0.717, 1.165) is 61.0 Å². The zero-order chi connectivity index (χ0) is 17.5. The molecule has 5 nitrogen and oxygen atoms in total. The molecule has 0 amide bonds. The number of aryl methyl sites for hydroxylation is 2. The van der Waals surface area contributed by atoms with Crippen molar-refractivity contribution in [1.82, 2.24) is 10.6 Å². The van der Waals surface area contributed by atoms with Crippen LogP contribution in [0.5, 0.6) is 0 Å². The van der Waals surface area contributed by atoms with Crippen molar-refractivity contribution in [2.75, 3.05) is 12.3 Å². The minimum absolute atomic E-state index is 0.322. The molecule has 0 bridgehead atoms. The molecule has 0 radical (unpaired) electrons. The van der Waals surface area contributed by atoms with Crippen LogP contribution in [0.2, 0.25) is 0 Å². The lowest BCUT2D eigenvalue weighted by molar-refractivity contribution is 0.413. The van der Waals surface area contributed by atoms with Gasteiger partial charge in [0.1, 0.15) is 11.5 Å². The van der Waals surface area contributed by atoms with Gasteiger partial charge in [-0.15, -0.1) is 0 Å². The molecule has 0 spiro atoms. The van der Waals surface area contributed by atoms with Crippen molar-refractivity contribution >= 4 is 16.8 Å². The number of nitrogens with one attached hydrogen (secondary N) is 2. The predicted octanol–water partition coefficient (Wildman–Crippen LogP) is 3.03. The monoisotopic (exact) mass is 353 g/mol. The van der Waals surface area contributed by atoms with E-state index in [0.29, 0.717) is 17.8 Å². The van der Waals surface area contributed by atoms with Crippen LogP contribution in [0.25, 0.3) is 0 Å². The first kappa shape index (κ1) is 19.0. The van der Waals surface area contributed by atoms with E-state index in [9.17, 15) is 4.21 Å². The minimum atomic E-state index is -0.699. The predicted molar refractivity (Wildman–Crippen MR) is 101 cm³/mol. The second kappa shape index (κ2) is 9.25. The molecule has 3 unspecified atom stereocenters. The molecule has 2 N–H and O–H groups in total. The van der Waals surface area contributed by atoms with Gasteiger partial charge in [-0.3, -0.25) is 4.21 Å². The van der Waals surface area contributed by atoms with Gasteiger partial charge in [-0.05, 0) is 46.1 Å². The van der Waals surface area contributed by atoms with Crippen molar-refractivity contribution in [2.24, 2.45) is 4.99 Å². The summed E-state index contributed by atoms with van der Waals surface area (Å²) in [7, 11) is -0.699. The highest BCUT2D eigenvalue weighted by Gasteiger charge is 2.26. The van der Waals surface area contributed by atoms with Crippen LogP contribution >= 0.6 is 0 Å². The van der Waals surface area contributed by atoms with Crippen molar-refractivity contribution in [1.29, 1.82) is 0 Å². The Labute approximate surface area is 148 Å².